The lowest BCUT2D eigenvalue weighted by molar-refractivity contribution is 0.0684. The van der Waals surface area contributed by atoms with Crippen LogP contribution >= 0.6 is 0 Å². The maximum absolute atomic E-state index is 12.7. The van der Waals surface area contributed by atoms with Crippen molar-refractivity contribution in [2.24, 2.45) is 11.8 Å². The molecule has 0 aromatic heterocycles. The molecule has 0 atom stereocenters. The molecule has 1 aromatic rings. The molecule has 6 heteroatoms. The number of rotatable bonds is 8. The average Bonchev–Trinajstić information content (AvgIpc) is 3.46. The first-order valence-electron chi connectivity index (χ1n) is 12.4. The van der Waals surface area contributed by atoms with E-state index in [-0.39, 0.29) is 5.78 Å². The lowest BCUT2D eigenvalue weighted by atomic mass is 9.85. The van der Waals surface area contributed by atoms with Crippen molar-refractivity contribution in [3.8, 4) is 5.75 Å². The topological polar surface area (TPSA) is 70.8 Å². The zero-order valence-corrected chi connectivity index (χ0v) is 18.8. The number of carbonyl (C=O) groups excluding carboxylic acids is 1. The van der Waals surface area contributed by atoms with Gasteiger partial charge < -0.3 is 20.7 Å². The third-order valence-corrected chi connectivity index (χ3v) is 7.86. The molecule has 2 heterocycles. The smallest absolute Gasteiger partial charge is 0.177 e. The molecule has 6 nitrogen and oxygen atoms in total. The molecule has 1 saturated heterocycles. The molecule has 2 aliphatic heterocycles. The van der Waals surface area contributed by atoms with Crippen LogP contribution in [0.15, 0.2) is 12.1 Å². The van der Waals surface area contributed by atoms with Crippen molar-refractivity contribution in [2.45, 2.75) is 51.0 Å². The summed E-state index contributed by atoms with van der Waals surface area (Å²) in [6.07, 6.45) is 8.87. The van der Waals surface area contributed by atoms with E-state index in [0.29, 0.717) is 24.8 Å². The number of Topliss-reactive ketones (excluding diaryl/α,β-unsaturated/α-hetero) is 1. The highest BCUT2D eigenvalue weighted by molar-refractivity contribution is 6.00. The first-order valence-corrected chi connectivity index (χ1v) is 12.4. The molecular weight excluding hydrogens is 388 g/mol. The predicted molar refractivity (Wildman–Crippen MR) is 124 cm³/mol. The van der Waals surface area contributed by atoms with Crippen LogP contribution in [0.25, 0.3) is 0 Å². The summed E-state index contributed by atoms with van der Waals surface area (Å²) >= 11 is 0. The lowest BCUT2D eigenvalue weighted by Crippen LogP contribution is -2.51. The minimum Gasteiger partial charge on any atom is -0.491 e. The zero-order chi connectivity index (χ0) is 21.2. The van der Waals surface area contributed by atoms with Gasteiger partial charge in [-0.3, -0.25) is 9.69 Å². The maximum atomic E-state index is 12.7. The van der Waals surface area contributed by atoms with Gasteiger partial charge in [-0.1, -0.05) is 0 Å². The number of hydrogen-bond acceptors (Lipinski definition) is 6. The molecule has 31 heavy (non-hydrogen) atoms. The predicted octanol–water partition coefficient (Wildman–Crippen LogP) is 2.56. The molecule has 0 spiro atoms. The van der Waals surface area contributed by atoms with Crippen molar-refractivity contribution in [3.63, 3.8) is 0 Å². The van der Waals surface area contributed by atoms with E-state index in [1.54, 1.807) is 6.07 Å². The molecule has 0 radical (unpaired) electrons. The van der Waals surface area contributed by atoms with E-state index >= 15 is 0 Å². The first kappa shape index (κ1) is 21.2. The molecule has 4 aliphatic rings. The summed E-state index contributed by atoms with van der Waals surface area (Å²) in [4.78, 5) is 18.2. The number of nitrogen functional groups attached to an aromatic ring is 1. The molecule has 3 N–H and O–H groups in total. The van der Waals surface area contributed by atoms with E-state index in [4.69, 9.17) is 10.5 Å². The van der Waals surface area contributed by atoms with Crippen LogP contribution in [0.2, 0.25) is 0 Å². The molecule has 5 rings (SSSR count). The number of carbonyl (C=O) groups is 1. The van der Waals surface area contributed by atoms with Crippen LogP contribution in [0.4, 0.5) is 5.69 Å². The summed E-state index contributed by atoms with van der Waals surface area (Å²) in [5.41, 5.74) is 8.38. The van der Waals surface area contributed by atoms with Gasteiger partial charge in [-0.25, -0.2) is 0 Å². The number of nitrogens with two attached hydrogens (primary N) is 1. The van der Waals surface area contributed by atoms with Crippen LogP contribution in [0.1, 0.15) is 54.4 Å². The number of nitrogens with one attached hydrogen (secondary N) is 1. The quantitative estimate of drug-likeness (QED) is 0.492. The van der Waals surface area contributed by atoms with E-state index in [1.165, 1.54) is 71.2 Å². The van der Waals surface area contributed by atoms with Crippen molar-refractivity contribution < 1.29 is 9.53 Å². The molecule has 170 valence electrons. The Balaban J connectivity index is 1.02. The van der Waals surface area contributed by atoms with Crippen molar-refractivity contribution in [3.05, 3.63) is 23.3 Å². The number of fused-ring (bicyclic) bond motifs is 1. The van der Waals surface area contributed by atoms with Crippen LogP contribution in [-0.4, -0.2) is 74.0 Å². The van der Waals surface area contributed by atoms with E-state index < -0.39 is 0 Å². The Morgan fingerprint density at radius 1 is 1.03 bits per heavy atom. The second kappa shape index (κ2) is 9.47. The van der Waals surface area contributed by atoms with Gasteiger partial charge in [0.05, 0.1) is 18.8 Å². The van der Waals surface area contributed by atoms with Crippen LogP contribution in [0.3, 0.4) is 0 Å². The van der Waals surface area contributed by atoms with Crippen molar-refractivity contribution in [2.75, 3.05) is 58.2 Å². The fraction of sp³-hybridized carbons (Fsp3) is 0.720. The Morgan fingerprint density at radius 2 is 1.77 bits per heavy atom. The number of ether oxygens (including phenoxy) is 1. The molecule has 0 unspecified atom stereocenters. The number of anilines is 1. The minimum atomic E-state index is 0.152. The highest BCUT2D eigenvalue weighted by Crippen LogP contribution is 2.34. The van der Waals surface area contributed by atoms with Gasteiger partial charge in [0, 0.05) is 56.3 Å². The molecule has 2 saturated carbocycles. The average molecular weight is 427 g/mol. The highest BCUT2D eigenvalue weighted by atomic mass is 16.5. The zero-order valence-electron chi connectivity index (χ0n) is 18.8. The second-order valence-corrected chi connectivity index (χ2v) is 10.1. The summed E-state index contributed by atoms with van der Waals surface area (Å²) in [5.74, 6) is 2.58. The van der Waals surface area contributed by atoms with Crippen molar-refractivity contribution in [1.29, 1.82) is 0 Å². The molecule has 1 aromatic carbocycles. The standard InChI is InChI=1S/C25H38N4O2/c26-23-8-7-21(22-9-14-31-25(22)23)24(30)16-27-15-18-3-5-20(6-4-18)29-12-10-28(11-13-29)17-19-1-2-19/h7-8,18-20,27H,1-6,9-17,26H2. The van der Waals surface area contributed by atoms with Crippen LogP contribution in [0, 0.1) is 11.8 Å². The van der Waals surface area contributed by atoms with E-state index in [9.17, 15) is 4.79 Å². The summed E-state index contributed by atoms with van der Waals surface area (Å²) in [5, 5.41) is 3.44. The normalized spacial score (nSPS) is 27.1. The maximum Gasteiger partial charge on any atom is 0.177 e. The number of nitrogens with zero attached hydrogens (tertiary/aromatic N) is 2. The third kappa shape index (κ3) is 5.07. The van der Waals surface area contributed by atoms with Gasteiger partial charge in [0.25, 0.3) is 0 Å². The van der Waals surface area contributed by atoms with Crippen LogP contribution < -0.4 is 15.8 Å². The number of benzene rings is 1. The summed E-state index contributed by atoms with van der Waals surface area (Å²) < 4.78 is 5.60. The Kier molecular flexibility index (Phi) is 6.49. The highest BCUT2D eigenvalue weighted by Gasteiger charge is 2.30. The fourth-order valence-electron chi connectivity index (χ4n) is 5.76. The molecular formula is C25H38N4O2. The fourth-order valence-corrected chi connectivity index (χ4v) is 5.76. The number of hydrogen-bond donors (Lipinski definition) is 2. The molecule has 0 bridgehead atoms. The number of ketones is 1. The van der Waals surface area contributed by atoms with Gasteiger partial charge in [0.2, 0.25) is 0 Å². The van der Waals surface area contributed by atoms with Gasteiger partial charge in [-0.15, -0.1) is 0 Å². The van der Waals surface area contributed by atoms with Crippen LogP contribution in [0.5, 0.6) is 5.75 Å². The van der Waals surface area contributed by atoms with Crippen LogP contribution in [-0.2, 0) is 6.42 Å². The molecule has 0 amide bonds. The first-order chi connectivity index (χ1) is 15.2. The Hall–Kier alpha value is -1.63. The Bertz CT molecular complexity index is 778. The van der Waals surface area contributed by atoms with Crippen molar-refractivity contribution in [1.82, 2.24) is 15.1 Å². The van der Waals surface area contributed by atoms with Gasteiger partial charge >= 0.3 is 0 Å². The van der Waals surface area contributed by atoms with Crippen molar-refractivity contribution >= 4 is 11.5 Å². The molecule has 3 fully saturated rings. The van der Waals surface area contributed by atoms with Gasteiger partial charge in [-0.05, 0) is 69.0 Å². The minimum absolute atomic E-state index is 0.152. The van der Waals surface area contributed by atoms with Gasteiger partial charge in [0.1, 0.15) is 5.75 Å². The second-order valence-electron chi connectivity index (χ2n) is 10.1. The van der Waals surface area contributed by atoms with E-state index in [0.717, 1.165) is 41.8 Å². The van der Waals surface area contributed by atoms with E-state index in [2.05, 4.69) is 15.1 Å². The SMILES string of the molecule is Nc1ccc(C(=O)CNCC2CCC(N3CCN(CC4CC4)CC3)CC2)c2c1OCC2. The largest absolute Gasteiger partial charge is 0.491 e. The molecule has 2 aliphatic carbocycles. The number of piperazine rings is 1. The Labute approximate surface area is 186 Å². The third-order valence-electron chi connectivity index (χ3n) is 7.86. The van der Waals surface area contributed by atoms with E-state index in [1.807, 2.05) is 6.07 Å². The summed E-state index contributed by atoms with van der Waals surface area (Å²) in [6, 6.07) is 4.44. The summed E-state index contributed by atoms with van der Waals surface area (Å²) in [6.45, 7) is 8.35. The van der Waals surface area contributed by atoms with Gasteiger partial charge in [-0.2, -0.15) is 0 Å². The lowest BCUT2D eigenvalue weighted by Gasteiger charge is -2.42. The Morgan fingerprint density at radius 3 is 2.52 bits per heavy atom. The van der Waals surface area contributed by atoms with Gasteiger partial charge in [0.15, 0.2) is 5.78 Å². The monoisotopic (exact) mass is 426 g/mol. The summed E-state index contributed by atoms with van der Waals surface area (Å²) in [7, 11) is 0.